The number of fused-ring (bicyclic) bond motifs is 3. The van der Waals surface area contributed by atoms with E-state index >= 15 is 0 Å². The molecule has 0 saturated carbocycles. The van der Waals surface area contributed by atoms with Crippen LogP contribution in [0.15, 0.2) is 48.5 Å². The van der Waals surface area contributed by atoms with Crippen LogP contribution in [0.1, 0.15) is 10.5 Å². The molecule has 0 fully saturated rings. The second-order valence-electron chi connectivity index (χ2n) is 3.92. The van der Waals surface area contributed by atoms with Gasteiger partial charge in [-0.3, -0.25) is 4.79 Å². The predicted octanol–water partition coefficient (Wildman–Crippen LogP) is 2.44. The predicted molar refractivity (Wildman–Crippen MR) is 66.9 cm³/mol. The molecule has 0 bridgehead atoms. The van der Waals surface area contributed by atoms with Crippen molar-refractivity contribution in [2.75, 3.05) is 0 Å². The Morgan fingerprint density at radius 1 is 1.06 bits per heavy atom. The molecule has 17 heavy (non-hydrogen) atoms. The average Bonchev–Trinajstić information content (AvgIpc) is 2.67. The summed E-state index contributed by atoms with van der Waals surface area (Å²) in [6.45, 7) is 0. The third kappa shape index (κ3) is 1.52. The highest BCUT2D eigenvalue weighted by Gasteiger charge is 2.13. The van der Waals surface area contributed by atoms with Gasteiger partial charge >= 0.3 is 0 Å². The van der Waals surface area contributed by atoms with E-state index in [1.807, 2.05) is 42.5 Å². The summed E-state index contributed by atoms with van der Waals surface area (Å²) >= 11 is 0. The molecule has 0 saturated heterocycles. The summed E-state index contributed by atoms with van der Waals surface area (Å²) in [7, 11) is 0. The summed E-state index contributed by atoms with van der Waals surface area (Å²) in [5.41, 5.74) is 7.32. The van der Waals surface area contributed by atoms with Crippen molar-refractivity contribution in [3.8, 4) is 11.3 Å². The van der Waals surface area contributed by atoms with E-state index in [2.05, 4.69) is 4.98 Å². The number of carbonyl (C=O) groups excluding carboxylic acids is 1. The first-order valence-corrected chi connectivity index (χ1v) is 5.34. The van der Waals surface area contributed by atoms with E-state index in [0.29, 0.717) is 5.69 Å². The van der Waals surface area contributed by atoms with Gasteiger partial charge in [0.25, 0.3) is 5.91 Å². The highest BCUT2D eigenvalue weighted by atomic mass is 16.1. The maximum Gasteiger partial charge on any atom is 0.267 e. The number of amides is 1. The van der Waals surface area contributed by atoms with Gasteiger partial charge in [-0.05, 0) is 11.5 Å². The van der Waals surface area contributed by atoms with Gasteiger partial charge in [0.05, 0.1) is 5.69 Å². The SMILES string of the molecule is NC(=O)c1cc2cccc3ccccc3c-2n1. The van der Waals surface area contributed by atoms with Crippen LogP contribution in [0.2, 0.25) is 0 Å². The number of nitrogens with two attached hydrogens (primary N) is 1. The molecule has 0 atom stereocenters. The first kappa shape index (κ1) is 9.78. The van der Waals surface area contributed by atoms with Gasteiger partial charge in [-0.1, -0.05) is 42.5 Å². The molecule has 0 radical (unpaired) electrons. The van der Waals surface area contributed by atoms with Crippen LogP contribution in [0.4, 0.5) is 0 Å². The first-order chi connectivity index (χ1) is 8.25. The molecule has 3 heteroatoms. The summed E-state index contributed by atoms with van der Waals surface area (Å²) in [5, 5.41) is 2.12. The number of hydrogen-bond acceptors (Lipinski definition) is 2. The summed E-state index contributed by atoms with van der Waals surface area (Å²) in [4.78, 5) is 15.5. The minimum Gasteiger partial charge on any atom is -0.364 e. The number of carbonyl (C=O) groups is 1. The van der Waals surface area contributed by atoms with Crippen molar-refractivity contribution < 1.29 is 4.79 Å². The van der Waals surface area contributed by atoms with Crippen molar-refractivity contribution in [3.63, 3.8) is 0 Å². The van der Waals surface area contributed by atoms with Crippen molar-refractivity contribution in [2.45, 2.75) is 0 Å². The van der Waals surface area contributed by atoms with Gasteiger partial charge in [-0.25, -0.2) is 4.98 Å². The third-order valence-electron chi connectivity index (χ3n) is 2.82. The Kier molecular flexibility index (Phi) is 2.05. The van der Waals surface area contributed by atoms with Crippen LogP contribution in [0.25, 0.3) is 22.0 Å². The van der Waals surface area contributed by atoms with Crippen molar-refractivity contribution in [1.82, 2.24) is 4.98 Å². The van der Waals surface area contributed by atoms with E-state index in [-0.39, 0.29) is 0 Å². The van der Waals surface area contributed by atoms with Crippen molar-refractivity contribution >= 4 is 16.7 Å². The summed E-state index contributed by atoms with van der Waals surface area (Å²) in [5.74, 6) is -0.493. The Hall–Kier alpha value is -2.42. The quantitative estimate of drug-likeness (QED) is 0.687. The van der Waals surface area contributed by atoms with Gasteiger partial charge in [0.2, 0.25) is 0 Å². The number of hydrogen-bond donors (Lipinski definition) is 1. The molecule has 0 spiro atoms. The highest BCUT2D eigenvalue weighted by Crippen LogP contribution is 2.29. The molecule has 2 aliphatic rings. The highest BCUT2D eigenvalue weighted by molar-refractivity contribution is 5.99. The normalized spacial score (nSPS) is 10.8. The molecule has 1 aliphatic heterocycles. The topological polar surface area (TPSA) is 56.0 Å². The fourth-order valence-electron chi connectivity index (χ4n) is 2.02. The summed E-state index contributed by atoms with van der Waals surface area (Å²) in [6.07, 6.45) is 0. The lowest BCUT2D eigenvalue weighted by molar-refractivity contribution is 0.0996. The Bertz CT molecular complexity index is 691. The average molecular weight is 222 g/mol. The van der Waals surface area contributed by atoms with Crippen LogP contribution in [0.3, 0.4) is 0 Å². The van der Waals surface area contributed by atoms with Crippen LogP contribution in [-0.4, -0.2) is 10.9 Å². The summed E-state index contributed by atoms with van der Waals surface area (Å²) < 4.78 is 0. The number of nitrogens with zero attached hydrogens (tertiary/aromatic N) is 1. The van der Waals surface area contributed by atoms with Gasteiger partial charge in [0.1, 0.15) is 5.69 Å². The molecule has 0 aromatic heterocycles. The lowest BCUT2D eigenvalue weighted by atomic mass is 10.1. The van der Waals surface area contributed by atoms with Crippen molar-refractivity contribution in [2.24, 2.45) is 5.73 Å². The van der Waals surface area contributed by atoms with Gasteiger partial charge < -0.3 is 5.73 Å². The standard InChI is InChI=1S/C14H10N2O/c15-14(17)12-8-10-6-3-5-9-4-1-2-7-11(9)13(10)16-12/h1-8H,(H2,15,17). The fraction of sp³-hybridized carbons (Fsp3) is 0. The van der Waals surface area contributed by atoms with Crippen LogP contribution in [0.5, 0.6) is 0 Å². The number of aromatic nitrogens is 1. The van der Waals surface area contributed by atoms with Crippen LogP contribution in [-0.2, 0) is 0 Å². The Morgan fingerprint density at radius 2 is 1.82 bits per heavy atom. The van der Waals surface area contributed by atoms with E-state index in [0.717, 1.165) is 22.0 Å². The van der Waals surface area contributed by atoms with Crippen LogP contribution >= 0.6 is 0 Å². The molecule has 1 aliphatic carbocycles. The zero-order valence-corrected chi connectivity index (χ0v) is 9.05. The Morgan fingerprint density at radius 3 is 2.65 bits per heavy atom. The monoisotopic (exact) mass is 222 g/mol. The van der Waals surface area contributed by atoms with Crippen LogP contribution in [0, 0.1) is 0 Å². The zero-order valence-electron chi connectivity index (χ0n) is 9.05. The number of primary amides is 1. The lowest BCUT2D eigenvalue weighted by Crippen LogP contribution is -2.10. The number of benzene rings is 1. The smallest absolute Gasteiger partial charge is 0.267 e. The van der Waals surface area contributed by atoms with Gasteiger partial charge in [0, 0.05) is 10.9 Å². The van der Waals surface area contributed by atoms with E-state index in [1.165, 1.54) is 0 Å². The Labute approximate surface area is 98.2 Å². The van der Waals surface area contributed by atoms with Gasteiger partial charge in [-0.15, -0.1) is 0 Å². The maximum absolute atomic E-state index is 11.1. The van der Waals surface area contributed by atoms with E-state index in [1.54, 1.807) is 6.07 Å². The van der Waals surface area contributed by atoms with Gasteiger partial charge in [0.15, 0.2) is 0 Å². The van der Waals surface area contributed by atoms with Crippen LogP contribution < -0.4 is 5.73 Å². The molecule has 0 unspecified atom stereocenters. The molecule has 1 aromatic carbocycles. The first-order valence-electron chi connectivity index (χ1n) is 5.34. The Balaban J connectivity index is 2.44. The second-order valence-corrected chi connectivity index (χ2v) is 3.92. The fourth-order valence-corrected chi connectivity index (χ4v) is 2.02. The van der Waals surface area contributed by atoms with E-state index < -0.39 is 5.91 Å². The molecule has 3 nitrogen and oxygen atoms in total. The maximum atomic E-state index is 11.1. The van der Waals surface area contributed by atoms with E-state index in [9.17, 15) is 4.79 Å². The molecule has 82 valence electrons. The minimum atomic E-state index is -0.493. The molecule has 1 amide bonds. The molecule has 1 heterocycles. The largest absolute Gasteiger partial charge is 0.364 e. The summed E-state index contributed by atoms with van der Waals surface area (Å²) in [6, 6.07) is 15.6. The van der Waals surface area contributed by atoms with Crippen molar-refractivity contribution in [3.05, 3.63) is 54.2 Å². The molecule has 1 aromatic rings. The second kappa shape index (κ2) is 3.56. The minimum absolute atomic E-state index is 0.316. The molecular weight excluding hydrogens is 212 g/mol. The zero-order chi connectivity index (χ0) is 11.8. The van der Waals surface area contributed by atoms with Crippen molar-refractivity contribution in [1.29, 1.82) is 0 Å². The molecular formula is C14H10N2O. The third-order valence-corrected chi connectivity index (χ3v) is 2.82. The molecule has 2 N–H and O–H groups in total. The lowest BCUT2D eigenvalue weighted by Gasteiger charge is -1.95. The van der Waals surface area contributed by atoms with E-state index in [4.69, 9.17) is 5.73 Å². The molecule has 3 rings (SSSR count). The van der Waals surface area contributed by atoms with Gasteiger partial charge in [-0.2, -0.15) is 0 Å². The number of rotatable bonds is 1.